The minimum atomic E-state index is 0.326. The number of halogens is 1. The quantitative estimate of drug-likeness (QED) is 0.904. The second kappa shape index (κ2) is 6.83. The molecule has 0 radical (unpaired) electrons. The number of hydrogen-bond donors (Lipinski definition) is 1. The summed E-state index contributed by atoms with van der Waals surface area (Å²) in [6.45, 7) is 2.20. The minimum absolute atomic E-state index is 0.326. The first-order chi connectivity index (χ1) is 9.24. The Morgan fingerprint density at radius 1 is 1.26 bits per heavy atom. The van der Waals surface area contributed by atoms with E-state index in [9.17, 15) is 0 Å². The molecule has 2 rings (SSSR count). The zero-order valence-electron chi connectivity index (χ0n) is 11.4. The number of nitrogens with one attached hydrogen (secondary N) is 1. The van der Waals surface area contributed by atoms with Crippen LogP contribution in [0.25, 0.3) is 0 Å². The van der Waals surface area contributed by atoms with Gasteiger partial charge in [-0.05, 0) is 58.6 Å². The Bertz CT molecular complexity index is 540. The third-order valence-electron chi connectivity index (χ3n) is 3.36. The van der Waals surface area contributed by atoms with Crippen LogP contribution in [0.15, 0.2) is 47.2 Å². The zero-order chi connectivity index (χ0) is 13.7. The average molecular weight is 319 g/mol. The lowest BCUT2D eigenvalue weighted by atomic mass is 9.94. The standard InChI is InChI=1S/C16H19BrN2/c1-3-13-6-4-5-7-15(13)16(18-2)9-12-8-14(17)11-19-10-12/h4-8,10-11,16,18H,3,9H2,1-2H3. The Kier molecular flexibility index (Phi) is 5.11. The minimum Gasteiger partial charge on any atom is -0.313 e. The maximum atomic E-state index is 4.23. The van der Waals surface area contributed by atoms with Crippen LogP contribution in [-0.4, -0.2) is 12.0 Å². The van der Waals surface area contributed by atoms with E-state index in [0.29, 0.717) is 6.04 Å². The first kappa shape index (κ1) is 14.2. The van der Waals surface area contributed by atoms with Crippen molar-refractivity contribution in [3.63, 3.8) is 0 Å². The lowest BCUT2D eigenvalue weighted by molar-refractivity contribution is 0.586. The van der Waals surface area contributed by atoms with Crippen molar-refractivity contribution in [3.05, 3.63) is 63.9 Å². The van der Waals surface area contributed by atoms with Gasteiger partial charge in [0.1, 0.15) is 0 Å². The van der Waals surface area contributed by atoms with Crippen LogP contribution in [0.5, 0.6) is 0 Å². The lowest BCUT2D eigenvalue weighted by Gasteiger charge is -2.19. The van der Waals surface area contributed by atoms with Crippen molar-refractivity contribution < 1.29 is 0 Å². The molecule has 0 saturated carbocycles. The van der Waals surface area contributed by atoms with Gasteiger partial charge >= 0.3 is 0 Å². The summed E-state index contributed by atoms with van der Waals surface area (Å²) in [6.07, 6.45) is 5.76. The van der Waals surface area contributed by atoms with Crippen LogP contribution in [-0.2, 0) is 12.8 Å². The highest BCUT2D eigenvalue weighted by Crippen LogP contribution is 2.23. The molecular formula is C16H19BrN2. The van der Waals surface area contributed by atoms with Crippen molar-refractivity contribution in [1.82, 2.24) is 10.3 Å². The molecular weight excluding hydrogens is 300 g/mol. The van der Waals surface area contributed by atoms with Crippen LogP contribution < -0.4 is 5.32 Å². The summed E-state index contributed by atoms with van der Waals surface area (Å²) >= 11 is 3.48. The van der Waals surface area contributed by atoms with Gasteiger partial charge in [-0.15, -0.1) is 0 Å². The summed E-state index contributed by atoms with van der Waals surface area (Å²) in [6, 6.07) is 11.1. The molecule has 100 valence electrons. The number of aromatic nitrogens is 1. The van der Waals surface area contributed by atoms with Gasteiger partial charge in [-0.25, -0.2) is 0 Å². The van der Waals surface area contributed by atoms with Crippen LogP contribution in [0.1, 0.15) is 29.7 Å². The first-order valence-electron chi connectivity index (χ1n) is 6.59. The van der Waals surface area contributed by atoms with E-state index in [0.717, 1.165) is 17.3 Å². The van der Waals surface area contributed by atoms with Gasteiger partial charge < -0.3 is 5.32 Å². The van der Waals surface area contributed by atoms with E-state index in [-0.39, 0.29) is 0 Å². The number of nitrogens with zero attached hydrogens (tertiary/aromatic N) is 1. The number of rotatable bonds is 5. The molecule has 19 heavy (non-hydrogen) atoms. The fourth-order valence-corrected chi connectivity index (χ4v) is 2.78. The van der Waals surface area contributed by atoms with E-state index < -0.39 is 0 Å². The van der Waals surface area contributed by atoms with Gasteiger partial charge in [0.15, 0.2) is 0 Å². The van der Waals surface area contributed by atoms with Crippen LogP contribution >= 0.6 is 15.9 Å². The highest BCUT2D eigenvalue weighted by molar-refractivity contribution is 9.10. The van der Waals surface area contributed by atoms with Gasteiger partial charge in [-0.3, -0.25) is 4.98 Å². The molecule has 0 aliphatic rings. The highest BCUT2D eigenvalue weighted by Gasteiger charge is 2.13. The molecule has 0 amide bonds. The molecule has 2 aromatic rings. The SMILES string of the molecule is CCc1ccccc1C(Cc1cncc(Br)c1)NC. The fraction of sp³-hybridized carbons (Fsp3) is 0.312. The first-order valence-corrected chi connectivity index (χ1v) is 7.38. The zero-order valence-corrected chi connectivity index (χ0v) is 12.9. The van der Waals surface area contributed by atoms with Gasteiger partial charge in [-0.2, -0.15) is 0 Å². The largest absolute Gasteiger partial charge is 0.313 e. The van der Waals surface area contributed by atoms with Crippen LogP contribution in [0, 0.1) is 0 Å². The van der Waals surface area contributed by atoms with Crippen molar-refractivity contribution in [2.75, 3.05) is 7.05 Å². The Morgan fingerprint density at radius 2 is 2.05 bits per heavy atom. The van der Waals surface area contributed by atoms with Gasteiger partial charge in [0.2, 0.25) is 0 Å². The van der Waals surface area contributed by atoms with E-state index >= 15 is 0 Å². The molecule has 1 aromatic carbocycles. The lowest BCUT2D eigenvalue weighted by Crippen LogP contribution is -2.20. The summed E-state index contributed by atoms with van der Waals surface area (Å²) in [7, 11) is 2.02. The van der Waals surface area contributed by atoms with Crippen molar-refractivity contribution >= 4 is 15.9 Å². The van der Waals surface area contributed by atoms with E-state index in [4.69, 9.17) is 0 Å². The van der Waals surface area contributed by atoms with Crippen molar-refractivity contribution in [3.8, 4) is 0 Å². The second-order valence-corrected chi connectivity index (χ2v) is 5.52. The molecule has 0 bridgehead atoms. The van der Waals surface area contributed by atoms with Crippen LogP contribution in [0.4, 0.5) is 0 Å². The second-order valence-electron chi connectivity index (χ2n) is 4.61. The molecule has 2 nitrogen and oxygen atoms in total. The molecule has 1 aromatic heterocycles. The number of benzene rings is 1. The molecule has 0 fully saturated rings. The van der Waals surface area contributed by atoms with Crippen molar-refractivity contribution in [1.29, 1.82) is 0 Å². The van der Waals surface area contributed by atoms with Crippen LogP contribution in [0.2, 0.25) is 0 Å². The van der Waals surface area contributed by atoms with Crippen molar-refractivity contribution in [2.45, 2.75) is 25.8 Å². The maximum absolute atomic E-state index is 4.23. The summed E-state index contributed by atoms with van der Waals surface area (Å²) < 4.78 is 1.03. The third-order valence-corrected chi connectivity index (χ3v) is 3.79. The molecule has 0 aliphatic heterocycles. The normalized spacial score (nSPS) is 12.4. The van der Waals surface area contributed by atoms with Crippen molar-refractivity contribution in [2.24, 2.45) is 0 Å². The topological polar surface area (TPSA) is 24.9 Å². The van der Waals surface area contributed by atoms with Gasteiger partial charge in [-0.1, -0.05) is 31.2 Å². The van der Waals surface area contributed by atoms with E-state index in [1.807, 2.05) is 19.4 Å². The average Bonchev–Trinajstić information content (AvgIpc) is 2.45. The Morgan fingerprint density at radius 3 is 2.74 bits per heavy atom. The Labute approximate surface area is 123 Å². The Balaban J connectivity index is 2.25. The van der Waals surface area contributed by atoms with E-state index in [2.05, 4.69) is 63.5 Å². The molecule has 3 heteroatoms. The fourth-order valence-electron chi connectivity index (χ4n) is 2.37. The number of pyridine rings is 1. The maximum Gasteiger partial charge on any atom is 0.0410 e. The molecule has 0 saturated heterocycles. The summed E-state index contributed by atoms with van der Waals surface area (Å²) in [5.74, 6) is 0. The molecule has 0 aliphatic carbocycles. The van der Waals surface area contributed by atoms with Gasteiger partial charge in [0, 0.05) is 22.9 Å². The monoisotopic (exact) mass is 318 g/mol. The predicted molar refractivity (Wildman–Crippen MR) is 83.3 cm³/mol. The van der Waals surface area contributed by atoms with E-state index in [1.54, 1.807) is 0 Å². The summed E-state index contributed by atoms with van der Waals surface area (Å²) in [4.78, 5) is 4.23. The van der Waals surface area contributed by atoms with Crippen LogP contribution in [0.3, 0.4) is 0 Å². The number of likely N-dealkylation sites (N-methyl/N-ethyl adjacent to an activating group) is 1. The summed E-state index contributed by atoms with van der Waals surface area (Å²) in [5.41, 5.74) is 4.02. The molecule has 0 spiro atoms. The van der Waals surface area contributed by atoms with Gasteiger partial charge in [0.05, 0.1) is 0 Å². The molecule has 1 unspecified atom stereocenters. The number of hydrogen-bond acceptors (Lipinski definition) is 2. The predicted octanol–water partition coefficient (Wildman–Crippen LogP) is 3.91. The van der Waals surface area contributed by atoms with Gasteiger partial charge in [0.25, 0.3) is 0 Å². The molecule has 1 heterocycles. The smallest absolute Gasteiger partial charge is 0.0410 e. The summed E-state index contributed by atoms with van der Waals surface area (Å²) in [5, 5.41) is 3.42. The van der Waals surface area contributed by atoms with E-state index in [1.165, 1.54) is 16.7 Å². The molecule has 1 N–H and O–H groups in total. The number of aryl methyl sites for hydroxylation is 1. The Hall–Kier alpha value is -1.19. The molecule has 1 atom stereocenters. The third kappa shape index (κ3) is 3.64. The highest BCUT2D eigenvalue weighted by atomic mass is 79.9.